The summed E-state index contributed by atoms with van der Waals surface area (Å²) in [6.45, 7) is 0.280. The van der Waals surface area contributed by atoms with E-state index in [0.29, 0.717) is 16.3 Å². The van der Waals surface area contributed by atoms with Gasteiger partial charge in [-0.2, -0.15) is 5.10 Å². The first-order valence-corrected chi connectivity index (χ1v) is 11.5. The van der Waals surface area contributed by atoms with Crippen molar-refractivity contribution in [3.05, 3.63) is 106 Å². The lowest BCUT2D eigenvalue weighted by Crippen LogP contribution is -2.32. The number of carboxylic acids is 1. The molecule has 0 unspecified atom stereocenters. The molecular formula is C27H21ClFN3O4. The Hall–Kier alpha value is -4.17. The number of halogens is 2. The van der Waals surface area contributed by atoms with E-state index in [0.717, 1.165) is 22.9 Å². The molecule has 3 aromatic carbocycles. The molecule has 0 atom stereocenters. The number of ether oxygens (including phenoxy) is 1. The molecule has 0 bridgehead atoms. The zero-order chi connectivity index (χ0) is 25.4. The van der Waals surface area contributed by atoms with Gasteiger partial charge in [0, 0.05) is 41.9 Å². The van der Waals surface area contributed by atoms with Crippen LogP contribution in [0.2, 0.25) is 5.02 Å². The van der Waals surface area contributed by atoms with Gasteiger partial charge in [0.25, 0.3) is 5.91 Å². The Labute approximate surface area is 211 Å². The molecule has 7 nitrogen and oxygen atoms in total. The predicted octanol–water partition coefficient (Wildman–Crippen LogP) is 5.31. The van der Waals surface area contributed by atoms with Gasteiger partial charge in [-0.15, -0.1) is 0 Å². The Balaban J connectivity index is 1.54. The number of carboxylic acid groups (broad SMARTS) is 1. The molecule has 5 rings (SSSR count). The fraction of sp³-hybridized carbons (Fsp3) is 0.148. The molecule has 2 heterocycles. The van der Waals surface area contributed by atoms with Crippen molar-refractivity contribution in [2.24, 2.45) is 7.05 Å². The van der Waals surface area contributed by atoms with E-state index in [1.807, 2.05) is 30.3 Å². The molecule has 1 amide bonds. The van der Waals surface area contributed by atoms with Gasteiger partial charge < -0.3 is 14.7 Å². The highest BCUT2D eigenvalue weighted by molar-refractivity contribution is 6.31. The maximum Gasteiger partial charge on any atom is 0.335 e. The summed E-state index contributed by atoms with van der Waals surface area (Å²) >= 11 is 6.21. The molecule has 9 heteroatoms. The van der Waals surface area contributed by atoms with E-state index >= 15 is 0 Å². The Morgan fingerprint density at radius 2 is 1.89 bits per heavy atom. The van der Waals surface area contributed by atoms with Crippen molar-refractivity contribution in [2.45, 2.75) is 19.7 Å². The molecule has 0 radical (unpaired) electrons. The second-order valence-corrected chi connectivity index (χ2v) is 8.92. The quantitative estimate of drug-likeness (QED) is 0.384. The summed E-state index contributed by atoms with van der Waals surface area (Å²) in [4.78, 5) is 26.6. The SMILES string of the molecule is Cn1nc(C(=O)N(Cc2ccccc2)Cc2ccc(C(=O)O)cc2F)c2c1-c1cc(Cl)ccc1OC2. The first kappa shape index (κ1) is 23.6. The minimum absolute atomic E-state index is 0.0753. The van der Waals surface area contributed by atoms with Gasteiger partial charge in [-0.25, -0.2) is 9.18 Å². The molecule has 1 aliphatic heterocycles. The highest BCUT2D eigenvalue weighted by Crippen LogP contribution is 2.40. The van der Waals surface area contributed by atoms with Crippen molar-refractivity contribution in [2.75, 3.05) is 0 Å². The molecular weight excluding hydrogens is 485 g/mol. The molecule has 0 saturated carbocycles. The van der Waals surface area contributed by atoms with Crippen molar-refractivity contribution in [1.29, 1.82) is 0 Å². The molecule has 1 aliphatic rings. The van der Waals surface area contributed by atoms with Crippen LogP contribution in [0.5, 0.6) is 5.75 Å². The summed E-state index contributed by atoms with van der Waals surface area (Å²) in [7, 11) is 1.75. The van der Waals surface area contributed by atoms with Gasteiger partial charge in [-0.3, -0.25) is 9.48 Å². The number of benzene rings is 3. The van der Waals surface area contributed by atoms with Crippen molar-refractivity contribution in [3.63, 3.8) is 0 Å². The normalized spacial score (nSPS) is 11.9. The number of hydrogen-bond acceptors (Lipinski definition) is 4. The van der Waals surface area contributed by atoms with Gasteiger partial charge in [0.2, 0.25) is 0 Å². The number of aryl methyl sites for hydroxylation is 1. The molecule has 1 aromatic heterocycles. The molecule has 4 aromatic rings. The van der Waals surface area contributed by atoms with E-state index in [4.69, 9.17) is 21.4 Å². The lowest BCUT2D eigenvalue weighted by molar-refractivity contribution is 0.0691. The molecule has 0 spiro atoms. The Bertz CT molecular complexity index is 1490. The number of hydrogen-bond donors (Lipinski definition) is 1. The van der Waals surface area contributed by atoms with Crippen molar-refractivity contribution in [1.82, 2.24) is 14.7 Å². The Morgan fingerprint density at radius 1 is 1.11 bits per heavy atom. The van der Waals surface area contributed by atoms with E-state index in [1.165, 1.54) is 17.0 Å². The van der Waals surface area contributed by atoms with E-state index < -0.39 is 17.7 Å². The fourth-order valence-electron chi connectivity index (χ4n) is 4.34. The number of amides is 1. The third kappa shape index (κ3) is 4.43. The smallest absolute Gasteiger partial charge is 0.335 e. The third-order valence-electron chi connectivity index (χ3n) is 6.08. The van der Waals surface area contributed by atoms with E-state index in [-0.39, 0.29) is 36.5 Å². The van der Waals surface area contributed by atoms with E-state index in [9.17, 15) is 14.0 Å². The first-order chi connectivity index (χ1) is 17.3. The van der Waals surface area contributed by atoms with Crippen LogP contribution in [0.25, 0.3) is 11.3 Å². The number of nitrogens with zero attached hydrogens (tertiary/aromatic N) is 3. The minimum Gasteiger partial charge on any atom is -0.488 e. The standard InChI is InChI=1S/C27H21ClFN3O4/c1-31-25-20-12-19(28)9-10-23(20)36-15-21(25)24(30-31)26(33)32(13-16-5-3-2-4-6-16)14-18-8-7-17(27(34)35)11-22(18)29/h2-12H,13-15H2,1H3,(H,34,35). The molecule has 0 saturated heterocycles. The molecule has 0 aliphatic carbocycles. The van der Waals surface area contributed by atoms with Crippen molar-refractivity contribution >= 4 is 23.5 Å². The second kappa shape index (κ2) is 9.47. The van der Waals surface area contributed by atoms with Crippen LogP contribution in [0.15, 0.2) is 66.7 Å². The van der Waals surface area contributed by atoms with Crippen LogP contribution in [-0.2, 0) is 26.7 Å². The number of carbonyl (C=O) groups excluding carboxylic acids is 1. The zero-order valence-corrected chi connectivity index (χ0v) is 20.0. The second-order valence-electron chi connectivity index (χ2n) is 8.49. The third-order valence-corrected chi connectivity index (χ3v) is 6.32. The average molecular weight is 506 g/mol. The molecule has 0 fully saturated rings. The van der Waals surface area contributed by atoms with E-state index in [1.54, 1.807) is 29.9 Å². The Morgan fingerprint density at radius 3 is 2.61 bits per heavy atom. The van der Waals surface area contributed by atoms with Crippen molar-refractivity contribution in [3.8, 4) is 17.0 Å². The molecule has 182 valence electrons. The lowest BCUT2D eigenvalue weighted by atomic mass is 10.0. The van der Waals surface area contributed by atoms with Gasteiger partial charge in [0.05, 0.1) is 11.3 Å². The lowest BCUT2D eigenvalue weighted by Gasteiger charge is -2.24. The summed E-state index contributed by atoms with van der Waals surface area (Å²) in [5.74, 6) is -1.67. The summed E-state index contributed by atoms with van der Waals surface area (Å²) in [6, 6.07) is 18.3. The van der Waals surface area contributed by atoms with Crippen LogP contribution < -0.4 is 4.74 Å². The van der Waals surface area contributed by atoms with Crippen LogP contribution >= 0.6 is 11.6 Å². The first-order valence-electron chi connectivity index (χ1n) is 11.2. The maximum absolute atomic E-state index is 14.8. The largest absolute Gasteiger partial charge is 0.488 e. The highest BCUT2D eigenvalue weighted by Gasteiger charge is 2.31. The number of carbonyl (C=O) groups is 2. The van der Waals surface area contributed by atoms with Crippen molar-refractivity contribution < 1.29 is 23.8 Å². The summed E-state index contributed by atoms with van der Waals surface area (Å²) in [5, 5.41) is 14.2. The van der Waals surface area contributed by atoms with Gasteiger partial charge in [0.1, 0.15) is 18.2 Å². The van der Waals surface area contributed by atoms with Gasteiger partial charge in [-0.05, 0) is 35.9 Å². The monoisotopic (exact) mass is 505 g/mol. The van der Waals surface area contributed by atoms with Crippen LogP contribution in [0.1, 0.15) is 37.5 Å². The number of aromatic carboxylic acids is 1. The predicted molar refractivity (Wildman–Crippen MR) is 131 cm³/mol. The van der Waals surface area contributed by atoms with Crippen LogP contribution in [0, 0.1) is 5.82 Å². The minimum atomic E-state index is -1.22. The molecule has 36 heavy (non-hydrogen) atoms. The van der Waals surface area contributed by atoms with Crippen LogP contribution in [-0.4, -0.2) is 31.7 Å². The maximum atomic E-state index is 14.8. The van der Waals surface area contributed by atoms with Crippen LogP contribution in [0.3, 0.4) is 0 Å². The summed E-state index contributed by atoms with van der Waals surface area (Å²) in [6.07, 6.45) is 0. The van der Waals surface area contributed by atoms with E-state index in [2.05, 4.69) is 5.10 Å². The van der Waals surface area contributed by atoms with Gasteiger partial charge in [0.15, 0.2) is 5.69 Å². The summed E-state index contributed by atoms with van der Waals surface area (Å²) < 4.78 is 22.3. The fourth-order valence-corrected chi connectivity index (χ4v) is 4.52. The zero-order valence-electron chi connectivity index (χ0n) is 19.2. The summed E-state index contributed by atoms with van der Waals surface area (Å²) in [5.41, 5.74) is 3.19. The topological polar surface area (TPSA) is 84.7 Å². The van der Waals surface area contributed by atoms with Gasteiger partial charge >= 0.3 is 5.97 Å². The molecule has 1 N–H and O–H groups in total. The average Bonchev–Trinajstić information content (AvgIpc) is 3.21. The Kier molecular flexibility index (Phi) is 6.20. The number of aromatic nitrogens is 2. The van der Waals surface area contributed by atoms with Crippen LogP contribution in [0.4, 0.5) is 4.39 Å². The van der Waals surface area contributed by atoms with Gasteiger partial charge in [-0.1, -0.05) is 48.0 Å². The number of rotatable bonds is 6. The number of fused-ring (bicyclic) bond motifs is 3. The highest BCUT2D eigenvalue weighted by atomic mass is 35.5.